The molecule has 0 atom stereocenters. The largest absolute Gasteiger partial charge is 0.464 e. The van der Waals surface area contributed by atoms with Gasteiger partial charge in [0, 0.05) is 10.8 Å². The minimum atomic E-state index is -0.132. The third kappa shape index (κ3) is 8.21. The summed E-state index contributed by atoms with van der Waals surface area (Å²) in [7, 11) is 0. The lowest BCUT2D eigenvalue weighted by atomic mass is 10.0. The fraction of sp³-hybridized carbons (Fsp3) is 0.0345. The number of carbonyl (C=O) groups excluding carboxylic acids is 2. The first-order chi connectivity index (χ1) is 17.0. The topological polar surface area (TPSA) is 52.6 Å². The molecule has 0 radical (unpaired) electrons. The van der Waals surface area contributed by atoms with E-state index < -0.39 is 0 Å². The Balaban J connectivity index is 1.56. The molecule has 0 saturated heterocycles. The maximum atomic E-state index is 11.5. The highest BCUT2D eigenvalue weighted by molar-refractivity contribution is 8.16. The quantitative estimate of drug-likeness (QED) is 0.208. The van der Waals surface area contributed by atoms with Gasteiger partial charge in [0.15, 0.2) is 0 Å². The molecule has 0 aromatic heterocycles. The number of carbonyl (C=O) groups is 2. The van der Waals surface area contributed by atoms with Crippen molar-refractivity contribution in [2.45, 2.75) is 6.92 Å². The molecule has 0 aliphatic rings. The minimum Gasteiger partial charge on any atom is -0.464 e. The zero-order valence-electron chi connectivity index (χ0n) is 19.2. The van der Waals surface area contributed by atoms with Crippen molar-refractivity contribution in [1.82, 2.24) is 0 Å². The van der Waals surface area contributed by atoms with Gasteiger partial charge >= 0.3 is 0 Å². The smallest absolute Gasteiger partial charge is 0.218 e. The molecule has 0 unspecified atom stereocenters. The van der Waals surface area contributed by atoms with Crippen LogP contribution >= 0.6 is 23.5 Å². The van der Waals surface area contributed by atoms with E-state index in [1.807, 2.05) is 48.5 Å². The highest BCUT2D eigenvalue weighted by Crippen LogP contribution is 2.27. The molecule has 4 nitrogen and oxygen atoms in total. The van der Waals surface area contributed by atoms with Crippen molar-refractivity contribution in [1.29, 1.82) is 0 Å². The molecule has 0 aliphatic carbocycles. The third-order valence-electron chi connectivity index (χ3n) is 4.65. The lowest BCUT2D eigenvalue weighted by Crippen LogP contribution is -1.88. The van der Waals surface area contributed by atoms with Crippen molar-refractivity contribution >= 4 is 33.8 Å². The molecule has 6 heteroatoms. The number of rotatable bonds is 10. The molecule has 3 rings (SSSR count). The monoisotopic (exact) mass is 500 g/mol. The summed E-state index contributed by atoms with van der Waals surface area (Å²) in [5.41, 5.74) is 4.83. The van der Waals surface area contributed by atoms with Crippen molar-refractivity contribution in [2.24, 2.45) is 0 Å². The van der Waals surface area contributed by atoms with E-state index in [-0.39, 0.29) is 10.2 Å². The first kappa shape index (κ1) is 25.9. The van der Waals surface area contributed by atoms with Crippen LogP contribution in [0.5, 0.6) is 11.5 Å². The second-order valence-electron chi connectivity index (χ2n) is 7.23. The van der Waals surface area contributed by atoms with Crippen molar-refractivity contribution in [2.75, 3.05) is 0 Å². The molecule has 0 fully saturated rings. The lowest BCUT2D eigenvalue weighted by molar-refractivity contribution is -0.108. The minimum absolute atomic E-state index is 0.0853. The SMILES string of the molecule is C=CC(=O)SC=COc1ccc(-c2ccc(-c3ccc(OC=CSC(=O)C(=C)C)cc3)cc2)cc1. The van der Waals surface area contributed by atoms with Crippen molar-refractivity contribution in [3.05, 3.63) is 121 Å². The Hall–Kier alpha value is -3.74. The second kappa shape index (κ2) is 13.2. The predicted molar refractivity (Wildman–Crippen MR) is 147 cm³/mol. The molecule has 176 valence electrons. The van der Waals surface area contributed by atoms with Gasteiger partial charge in [-0.2, -0.15) is 0 Å². The van der Waals surface area contributed by atoms with Crippen LogP contribution in [-0.4, -0.2) is 10.2 Å². The van der Waals surface area contributed by atoms with Crippen molar-refractivity contribution in [3.63, 3.8) is 0 Å². The lowest BCUT2D eigenvalue weighted by Gasteiger charge is -2.07. The number of hydrogen-bond donors (Lipinski definition) is 0. The number of ether oxygens (including phenoxy) is 2. The highest BCUT2D eigenvalue weighted by Gasteiger charge is 2.03. The fourth-order valence-electron chi connectivity index (χ4n) is 2.85. The van der Waals surface area contributed by atoms with Crippen LogP contribution in [0.4, 0.5) is 0 Å². The standard InChI is InChI=1S/C29H24O4S2/c1-4-28(30)34-19-17-32-26-13-9-24(10-14-26)22-5-7-23(8-6-22)25-11-15-27(16-12-25)33-18-20-35-29(31)21(2)3/h4-20H,1-2H2,3H3. The second-order valence-corrected chi connectivity index (χ2v) is 9.02. The Morgan fingerprint density at radius 2 is 1.06 bits per heavy atom. The summed E-state index contributed by atoms with van der Waals surface area (Å²) in [5.74, 6) is 1.37. The molecular weight excluding hydrogens is 476 g/mol. The van der Waals surface area contributed by atoms with Gasteiger partial charge in [-0.3, -0.25) is 9.59 Å². The molecule has 0 spiro atoms. The zero-order valence-corrected chi connectivity index (χ0v) is 20.8. The molecule has 0 N–H and O–H groups in total. The van der Waals surface area contributed by atoms with E-state index in [1.165, 1.54) is 18.6 Å². The molecule has 0 aliphatic heterocycles. The van der Waals surface area contributed by atoms with E-state index in [4.69, 9.17) is 9.47 Å². The van der Waals surface area contributed by atoms with Gasteiger partial charge in [0.2, 0.25) is 10.2 Å². The van der Waals surface area contributed by atoms with Gasteiger partial charge in [-0.15, -0.1) is 0 Å². The predicted octanol–water partition coefficient (Wildman–Crippen LogP) is 8.00. The average Bonchev–Trinajstić information content (AvgIpc) is 2.89. The maximum Gasteiger partial charge on any atom is 0.218 e. The van der Waals surface area contributed by atoms with Gasteiger partial charge in [-0.1, -0.05) is 85.2 Å². The van der Waals surface area contributed by atoms with E-state index in [1.54, 1.807) is 17.7 Å². The van der Waals surface area contributed by atoms with Crippen LogP contribution in [0.15, 0.2) is 121 Å². The van der Waals surface area contributed by atoms with Crippen molar-refractivity contribution in [3.8, 4) is 33.8 Å². The molecule has 3 aromatic rings. The molecule has 0 bridgehead atoms. The molecule has 0 heterocycles. The summed E-state index contributed by atoms with van der Waals surface area (Å²) >= 11 is 2.06. The van der Waals surface area contributed by atoms with E-state index in [9.17, 15) is 9.59 Å². The number of benzene rings is 3. The Labute approximate surface area is 214 Å². The molecular formula is C29H24O4S2. The van der Waals surface area contributed by atoms with Crippen LogP contribution in [0.25, 0.3) is 22.3 Å². The fourth-order valence-corrected chi connectivity index (χ4v) is 3.63. The summed E-state index contributed by atoms with van der Waals surface area (Å²) in [4.78, 5) is 22.7. The van der Waals surface area contributed by atoms with Gasteiger partial charge in [0.25, 0.3) is 0 Å². The van der Waals surface area contributed by atoms with E-state index >= 15 is 0 Å². The van der Waals surface area contributed by atoms with Gasteiger partial charge in [0.05, 0.1) is 12.5 Å². The maximum absolute atomic E-state index is 11.5. The first-order valence-corrected chi connectivity index (χ1v) is 12.4. The van der Waals surface area contributed by atoms with Gasteiger partial charge in [-0.05, 0) is 65.1 Å². The van der Waals surface area contributed by atoms with Crippen LogP contribution in [-0.2, 0) is 9.59 Å². The Kier molecular flexibility index (Phi) is 9.78. The third-order valence-corrected chi connectivity index (χ3v) is 6.11. The van der Waals surface area contributed by atoms with E-state index in [2.05, 4.69) is 37.4 Å². The van der Waals surface area contributed by atoms with Crippen LogP contribution in [0.2, 0.25) is 0 Å². The number of thioether (sulfide) groups is 2. The first-order valence-electron chi connectivity index (χ1n) is 10.6. The van der Waals surface area contributed by atoms with Crippen LogP contribution in [0.1, 0.15) is 6.92 Å². The van der Waals surface area contributed by atoms with Gasteiger partial charge in [-0.25, -0.2) is 0 Å². The zero-order chi connectivity index (χ0) is 25.0. The van der Waals surface area contributed by atoms with Crippen LogP contribution in [0.3, 0.4) is 0 Å². The molecule has 0 amide bonds. The Morgan fingerprint density at radius 1 is 0.686 bits per heavy atom. The summed E-state index contributed by atoms with van der Waals surface area (Å²) in [6.07, 6.45) is 4.23. The van der Waals surface area contributed by atoms with Gasteiger partial charge < -0.3 is 9.47 Å². The van der Waals surface area contributed by atoms with Gasteiger partial charge in [0.1, 0.15) is 11.5 Å². The number of hydrogen-bond acceptors (Lipinski definition) is 6. The highest BCUT2D eigenvalue weighted by atomic mass is 32.2. The van der Waals surface area contributed by atoms with Crippen LogP contribution < -0.4 is 9.47 Å². The Bertz CT molecular complexity index is 1240. The summed E-state index contributed by atoms with van der Waals surface area (Å²) in [6, 6.07) is 23.8. The average molecular weight is 501 g/mol. The summed E-state index contributed by atoms with van der Waals surface area (Å²) in [5, 5.41) is 2.97. The van der Waals surface area contributed by atoms with Crippen molar-refractivity contribution < 1.29 is 19.1 Å². The normalized spacial score (nSPS) is 10.9. The molecule has 3 aromatic carbocycles. The molecule has 35 heavy (non-hydrogen) atoms. The summed E-state index contributed by atoms with van der Waals surface area (Å²) < 4.78 is 11.0. The van der Waals surface area contributed by atoms with Crippen LogP contribution in [0, 0.1) is 0 Å². The van der Waals surface area contributed by atoms with E-state index in [0.717, 1.165) is 45.8 Å². The molecule has 0 saturated carbocycles. The summed E-state index contributed by atoms with van der Waals surface area (Å²) in [6.45, 7) is 8.71. The Morgan fingerprint density at radius 3 is 1.43 bits per heavy atom. The van der Waals surface area contributed by atoms with E-state index in [0.29, 0.717) is 17.1 Å².